The van der Waals surface area contributed by atoms with Crippen molar-refractivity contribution < 1.29 is 13.6 Å². The van der Waals surface area contributed by atoms with Crippen molar-refractivity contribution in [3.63, 3.8) is 0 Å². The number of hydrogen-bond donors (Lipinski definition) is 0. The highest BCUT2D eigenvalue weighted by molar-refractivity contribution is 5.94. The van der Waals surface area contributed by atoms with Crippen LogP contribution in [0.4, 0.5) is 14.5 Å². The van der Waals surface area contributed by atoms with Crippen LogP contribution >= 0.6 is 0 Å². The summed E-state index contributed by atoms with van der Waals surface area (Å²) in [6.07, 6.45) is -0.483. The topological polar surface area (TPSA) is 23.6 Å². The minimum Gasteiger partial charge on any atom is -0.378 e. The van der Waals surface area contributed by atoms with E-state index in [0.717, 1.165) is 5.69 Å². The summed E-state index contributed by atoms with van der Waals surface area (Å²) in [5, 5.41) is 0. The first-order chi connectivity index (χ1) is 8.89. The van der Waals surface area contributed by atoms with Crippen molar-refractivity contribution in [1.29, 1.82) is 0 Å². The van der Waals surface area contributed by atoms with Gasteiger partial charge in [0.1, 0.15) is 0 Å². The lowest BCUT2D eigenvalue weighted by atomic mass is 10.1. The van der Waals surface area contributed by atoms with Crippen molar-refractivity contribution in [2.75, 3.05) is 32.1 Å². The number of alkyl halides is 2. The molecule has 0 atom stereocenters. The average molecular weight is 268 g/mol. The van der Waals surface area contributed by atoms with Gasteiger partial charge in [0, 0.05) is 51.3 Å². The van der Waals surface area contributed by atoms with Crippen LogP contribution in [0.2, 0.25) is 0 Å². The van der Waals surface area contributed by atoms with Crippen molar-refractivity contribution in [1.82, 2.24) is 4.90 Å². The van der Waals surface area contributed by atoms with Crippen molar-refractivity contribution in [2.24, 2.45) is 0 Å². The van der Waals surface area contributed by atoms with Crippen LogP contribution in [0.5, 0.6) is 0 Å². The second kappa shape index (κ2) is 5.15. The van der Waals surface area contributed by atoms with Gasteiger partial charge >= 0.3 is 0 Å². The molecule has 1 amide bonds. The number of likely N-dealkylation sites (tertiary alicyclic amines) is 1. The molecule has 1 fully saturated rings. The summed E-state index contributed by atoms with van der Waals surface area (Å²) in [7, 11) is 3.84. The number of benzene rings is 1. The maximum absolute atomic E-state index is 13.0. The van der Waals surface area contributed by atoms with E-state index in [4.69, 9.17) is 0 Å². The summed E-state index contributed by atoms with van der Waals surface area (Å²) in [4.78, 5) is 15.6. The smallest absolute Gasteiger partial charge is 0.253 e. The van der Waals surface area contributed by atoms with Gasteiger partial charge in [0.05, 0.1) is 0 Å². The van der Waals surface area contributed by atoms with Crippen LogP contribution in [0.25, 0.3) is 0 Å². The molecule has 1 aliphatic heterocycles. The largest absolute Gasteiger partial charge is 0.378 e. The number of anilines is 1. The summed E-state index contributed by atoms with van der Waals surface area (Å²) >= 11 is 0. The van der Waals surface area contributed by atoms with Crippen LogP contribution < -0.4 is 4.90 Å². The fourth-order valence-electron chi connectivity index (χ4n) is 2.12. The normalized spacial score (nSPS) is 18.2. The highest BCUT2D eigenvalue weighted by Crippen LogP contribution is 2.28. The molecule has 0 radical (unpaired) electrons. The maximum atomic E-state index is 13.0. The molecule has 0 bridgehead atoms. The number of carbonyl (C=O) groups is 1. The molecule has 2 rings (SSSR count). The zero-order chi connectivity index (χ0) is 14.0. The molecule has 0 aliphatic carbocycles. The minimum absolute atomic E-state index is 0.126. The Kier molecular flexibility index (Phi) is 3.73. The van der Waals surface area contributed by atoms with Gasteiger partial charge in [0.2, 0.25) is 0 Å². The molecule has 3 nitrogen and oxygen atoms in total. The van der Waals surface area contributed by atoms with Crippen molar-refractivity contribution >= 4 is 11.6 Å². The first kappa shape index (κ1) is 13.8. The fraction of sp³-hybridized carbons (Fsp3) is 0.500. The molecular weight excluding hydrogens is 250 g/mol. The molecule has 0 saturated carbocycles. The Balaban J connectivity index is 2.04. The molecule has 0 spiro atoms. The van der Waals surface area contributed by atoms with Crippen LogP contribution in [0.1, 0.15) is 23.2 Å². The second-order valence-corrected chi connectivity index (χ2v) is 5.09. The van der Waals surface area contributed by atoms with E-state index in [0.29, 0.717) is 5.56 Å². The highest BCUT2D eigenvalue weighted by Gasteiger charge is 2.35. The molecule has 19 heavy (non-hydrogen) atoms. The standard InChI is InChI=1S/C14H18F2N2O/c1-17(2)12-5-3-11(4-6-12)13(19)18-9-7-14(15,16)8-10-18/h3-6H,7-10H2,1-2H3. The van der Waals surface area contributed by atoms with Gasteiger partial charge in [-0.2, -0.15) is 0 Å². The SMILES string of the molecule is CN(C)c1ccc(C(=O)N2CCC(F)(F)CC2)cc1. The molecule has 0 N–H and O–H groups in total. The van der Waals surface area contributed by atoms with Gasteiger partial charge in [0.15, 0.2) is 0 Å². The van der Waals surface area contributed by atoms with E-state index in [9.17, 15) is 13.6 Å². The Morgan fingerprint density at radius 1 is 1.16 bits per heavy atom. The number of piperidine rings is 1. The summed E-state index contributed by atoms with van der Waals surface area (Å²) in [6, 6.07) is 7.19. The van der Waals surface area contributed by atoms with Crippen LogP contribution in [0, 0.1) is 0 Å². The molecule has 1 heterocycles. The predicted molar refractivity (Wildman–Crippen MR) is 70.9 cm³/mol. The van der Waals surface area contributed by atoms with Gasteiger partial charge in [-0.15, -0.1) is 0 Å². The minimum atomic E-state index is -2.62. The van der Waals surface area contributed by atoms with Gasteiger partial charge in [-0.3, -0.25) is 4.79 Å². The lowest BCUT2D eigenvalue weighted by Crippen LogP contribution is -2.42. The molecule has 1 aromatic carbocycles. The van der Waals surface area contributed by atoms with Gasteiger partial charge in [0.25, 0.3) is 11.8 Å². The molecular formula is C14H18F2N2O. The summed E-state index contributed by atoms with van der Waals surface area (Å²) in [5.41, 5.74) is 1.55. The van der Waals surface area contributed by atoms with Crippen molar-refractivity contribution in [3.05, 3.63) is 29.8 Å². The monoisotopic (exact) mass is 268 g/mol. The number of rotatable bonds is 2. The average Bonchev–Trinajstić information content (AvgIpc) is 2.38. The quantitative estimate of drug-likeness (QED) is 0.823. The molecule has 1 aliphatic rings. The first-order valence-electron chi connectivity index (χ1n) is 6.33. The third kappa shape index (κ3) is 3.22. The lowest BCUT2D eigenvalue weighted by molar-refractivity contribution is -0.0494. The molecule has 104 valence electrons. The Morgan fingerprint density at radius 3 is 2.16 bits per heavy atom. The summed E-state index contributed by atoms with van der Waals surface area (Å²) < 4.78 is 26.1. The van der Waals surface area contributed by atoms with E-state index in [-0.39, 0.29) is 31.8 Å². The second-order valence-electron chi connectivity index (χ2n) is 5.09. The van der Waals surface area contributed by atoms with Crippen LogP contribution in [-0.4, -0.2) is 43.9 Å². The van der Waals surface area contributed by atoms with Crippen LogP contribution in [-0.2, 0) is 0 Å². The molecule has 1 aromatic rings. The number of carbonyl (C=O) groups excluding carboxylic acids is 1. The van der Waals surface area contributed by atoms with Gasteiger partial charge in [-0.05, 0) is 24.3 Å². The Hall–Kier alpha value is -1.65. The molecule has 0 unspecified atom stereocenters. The summed E-state index contributed by atoms with van der Waals surface area (Å²) in [6.45, 7) is 0.253. The van der Waals surface area contributed by atoms with Crippen molar-refractivity contribution in [3.8, 4) is 0 Å². The van der Waals surface area contributed by atoms with E-state index >= 15 is 0 Å². The summed E-state index contributed by atoms with van der Waals surface area (Å²) in [5.74, 6) is -2.79. The van der Waals surface area contributed by atoms with E-state index in [1.165, 1.54) is 4.90 Å². The third-order valence-corrected chi connectivity index (χ3v) is 3.41. The van der Waals surface area contributed by atoms with Crippen LogP contribution in [0.15, 0.2) is 24.3 Å². The number of nitrogens with zero attached hydrogens (tertiary/aromatic N) is 2. The first-order valence-corrected chi connectivity index (χ1v) is 6.33. The van der Waals surface area contributed by atoms with E-state index in [1.54, 1.807) is 12.1 Å². The van der Waals surface area contributed by atoms with Crippen LogP contribution in [0.3, 0.4) is 0 Å². The predicted octanol–water partition coefficient (Wildman–Crippen LogP) is 2.62. The van der Waals surface area contributed by atoms with Gasteiger partial charge < -0.3 is 9.80 Å². The molecule has 5 heteroatoms. The Bertz CT molecular complexity index is 447. The van der Waals surface area contributed by atoms with Crippen molar-refractivity contribution in [2.45, 2.75) is 18.8 Å². The zero-order valence-corrected chi connectivity index (χ0v) is 11.2. The zero-order valence-electron chi connectivity index (χ0n) is 11.2. The third-order valence-electron chi connectivity index (χ3n) is 3.41. The van der Waals surface area contributed by atoms with E-state index in [2.05, 4.69) is 0 Å². The van der Waals surface area contributed by atoms with E-state index in [1.807, 2.05) is 31.1 Å². The Labute approximate surface area is 111 Å². The number of amides is 1. The fourth-order valence-corrected chi connectivity index (χ4v) is 2.12. The van der Waals surface area contributed by atoms with E-state index < -0.39 is 5.92 Å². The van der Waals surface area contributed by atoms with Gasteiger partial charge in [-0.25, -0.2) is 8.78 Å². The number of halogens is 2. The lowest BCUT2D eigenvalue weighted by Gasteiger charge is -2.31. The maximum Gasteiger partial charge on any atom is 0.253 e. The number of hydrogen-bond acceptors (Lipinski definition) is 2. The molecule has 0 aromatic heterocycles. The van der Waals surface area contributed by atoms with Gasteiger partial charge in [-0.1, -0.05) is 0 Å². The highest BCUT2D eigenvalue weighted by atomic mass is 19.3. The Morgan fingerprint density at radius 2 is 1.68 bits per heavy atom. The molecule has 1 saturated heterocycles.